The maximum absolute atomic E-state index is 12.4. The van der Waals surface area contributed by atoms with Crippen LogP contribution in [-0.2, 0) is 4.79 Å². The topological polar surface area (TPSA) is 75.4 Å². The highest BCUT2D eigenvalue weighted by Crippen LogP contribution is 2.23. The van der Waals surface area contributed by atoms with Gasteiger partial charge in [-0.25, -0.2) is 0 Å². The lowest BCUT2D eigenvalue weighted by Crippen LogP contribution is -2.47. The van der Waals surface area contributed by atoms with Gasteiger partial charge in [0.05, 0.1) is 6.20 Å². The average molecular weight is 323 g/mol. The van der Waals surface area contributed by atoms with Crippen molar-refractivity contribution in [2.45, 2.75) is 52.5 Å². The molecule has 2 unspecified atom stereocenters. The third-order valence-corrected chi connectivity index (χ3v) is 4.27. The Bertz CT molecular complexity index is 485. The van der Waals surface area contributed by atoms with E-state index in [0.29, 0.717) is 18.3 Å². The van der Waals surface area contributed by atoms with Gasteiger partial charge in [0.1, 0.15) is 6.04 Å². The van der Waals surface area contributed by atoms with Gasteiger partial charge in [-0.2, -0.15) is 0 Å². The standard InChI is InChI=1S/C17H29N3O3/c1-6-13(8-7-12(2)3)11-14(16(21)18-4)20(5)17(22)15-9-10-19-23-15/h9-10,12-14H,6-8,11H2,1-5H3,(H,18,21). The van der Waals surface area contributed by atoms with Crippen molar-refractivity contribution in [1.29, 1.82) is 0 Å². The normalized spacial score (nSPS) is 13.7. The molecule has 0 aromatic carbocycles. The van der Waals surface area contributed by atoms with E-state index in [4.69, 9.17) is 4.52 Å². The number of carbonyl (C=O) groups is 2. The van der Waals surface area contributed by atoms with Crippen molar-refractivity contribution < 1.29 is 14.1 Å². The van der Waals surface area contributed by atoms with Crippen LogP contribution in [0.2, 0.25) is 0 Å². The van der Waals surface area contributed by atoms with Crippen LogP contribution >= 0.6 is 0 Å². The molecule has 1 N–H and O–H groups in total. The summed E-state index contributed by atoms with van der Waals surface area (Å²) in [5.41, 5.74) is 0. The van der Waals surface area contributed by atoms with Gasteiger partial charge in [0.2, 0.25) is 11.7 Å². The van der Waals surface area contributed by atoms with Gasteiger partial charge in [-0.05, 0) is 18.3 Å². The maximum Gasteiger partial charge on any atom is 0.292 e. The van der Waals surface area contributed by atoms with Crippen molar-refractivity contribution in [3.63, 3.8) is 0 Å². The van der Waals surface area contributed by atoms with E-state index in [9.17, 15) is 9.59 Å². The molecule has 6 nitrogen and oxygen atoms in total. The van der Waals surface area contributed by atoms with Crippen LogP contribution in [0.25, 0.3) is 0 Å². The SMILES string of the molecule is CCC(CCC(C)C)CC(C(=O)NC)N(C)C(=O)c1ccno1. The van der Waals surface area contributed by atoms with E-state index in [1.165, 1.54) is 17.2 Å². The number of carbonyl (C=O) groups excluding carboxylic acids is 2. The van der Waals surface area contributed by atoms with Gasteiger partial charge >= 0.3 is 0 Å². The van der Waals surface area contributed by atoms with E-state index < -0.39 is 6.04 Å². The molecule has 0 spiro atoms. The number of likely N-dealkylation sites (N-methyl/N-ethyl adjacent to an activating group) is 2. The monoisotopic (exact) mass is 323 g/mol. The Hall–Kier alpha value is -1.85. The molecular formula is C17H29N3O3. The Morgan fingerprint density at radius 3 is 2.52 bits per heavy atom. The minimum Gasteiger partial charge on any atom is -0.357 e. The zero-order chi connectivity index (χ0) is 17.4. The summed E-state index contributed by atoms with van der Waals surface area (Å²) in [5, 5.41) is 6.21. The summed E-state index contributed by atoms with van der Waals surface area (Å²) >= 11 is 0. The van der Waals surface area contributed by atoms with Gasteiger partial charge in [0.15, 0.2) is 0 Å². The Morgan fingerprint density at radius 1 is 1.35 bits per heavy atom. The maximum atomic E-state index is 12.4. The van der Waals surface area contributed by atoms with Gasteiger partial charge in [-0.3, -0.25) is 9.59 Å². The van der Waals surface area contributed by atoms with Crippen LogP contribution in [0, 0.1) is 11.8 Å². The summed E-state index contributed by atoms with van der Waals surface area (Å²) in [6, 6.07) is 1.00. The molecule has 130 valence electrons. The summed E-state index contributed by atoms with van der Waals surface area (Å²) in [4.78, 5) is 26.1. The third-order valence-electron chi connectivity index (χ3n) is 4.27. The zero-order valence-corrected chi connectivity index (χ0v) is 14.8. The number of rotatable bonds is 9. The molecule has 0 fully saturated rings. The van der Waals surface area contributed by atoms with E-state index in [1.54, 1.807) is 14.1 Å². The fourth-order valence-corrected chi connectivity index (χ4v) is 2.62. The van der Waals surface area contributed by atoms with Crippen LogP contribution in [0.1, 0.15) is 57.0 Å². The molecule has 0 saturated heterocycles. The third kappa shape index (κ3) is 5.69. The van der Waals surface area contributed by atoms with Gasteiger partial charge in [-0.1, -0.05) is 45.2 Å². The van der Waals surface area contributed by atoms with E-state index in [-0.39, 0.29) is 17.6 Å². The lowest BCUT2D eigenvalue weighted by atomic mass is 9.89. The fourth-order valence-electron chi connectivity index (χ4n) is 2.62. The molecule has 1 rings (SSSR count). The smallest absolute Gasteiger partial charge is 0.292 e. The molecule has 0 aliphatic heterocycles. The van der Waals surface area contributed by atoms with Gasteiger partial charge in [0, 0.05) is 20.2 Å². The number of aromatic nitrogens is 1. The van der Waals surface area contributed by atoms with Crippen molar-refractivity contribution >= 4 is 11.8 Å². The number of nitrogens with one attached hydrogen (secondary N) is 1. The van der Waals surface area contributed by atoms with Crippen molar-refractivity contribution in [2.75, 3.05) is 14.1 Å². The van der Waals surface area contributed by atoms with Crippen molar-refractivity contribution in [1.82, 2.24) is 15.4 Å². The molecule has 1 heterocycles. The first kappa shape index (κ1) is 19.2. The molecule has 23 heavy (non-hydrogen) atoms. The first-order chi connectivity index (χ1) is 10.9. The quantitative estimate of drug-likeness (QED) is 0.758. The summed E-state index contributed by atoms with van der Waals surface area (Å²) in [6.45, 7) is 6.52. The molecule has 1 aromatic rings. The molecule has 0 radical (unpaired) electrons. The first-order valence-corrected chi connectivity index (χ1v) is 8.30. The second kappa shape index (κ2) is 9.33. The van der Waals surface area contributed by atoms with Crippen LogP contribution in [-0.4, -0.2) is 42.0 Å². The van der Waals surface area contributed by atoms with Crippen LogP contribution in [0.15, 0.2) is 16.8 Å². The largest absolute Gasteiger partial charge is 0.357 e. The summed E-state index contributed by atoms with van der Waals surface area (Å²) in [7, 11) is 3.23. The van der Waals surface area contributed by atoms with E-state index >= 15 is 0 Å². The van der Waals surface area contributed by atoms with Crippen molar-refractivity contribution in [3.8, 4) is 0 Å². The van der Waals surface area contributed by atoms with E-state index in [2.05, 4.69) is 31.2 Å². The molecule has 2 atom stereocenters. The van der Waals surface area contributed by atoms with Crippen LogP contribution in [0.4, 0.5) is 0 Å². The number of nitrogens with zero attached hydrogens (tertiary/aromatic N) is 2. The highest BCUT2D eigenvalue weighted by Gasteiger charge is 2.30. The highest BCUT2D eigenvalue weighted by atomic mass is 16.5. The van der Waals surface area contributed by atoms with E-state index in [0.717, 1.165) is 19.3 Å². The lowest BCUT2D eigenvalue weighted by molar-refractivity contribution is -0.125. The van der Waals surface area contributed by atoms with Crippen LogP contribution in [0.5, 0.6) is 0 Å². The molecule has 6 heteroatoms. The second-order valence-corrected chi connectivity index (χ2v) is 6.40. The van der Waals surface area contributed by atoms with Crippen molar-refractivity contribution in [2.24, 2.45) is 11.8 Å². The predicted octanol–water partition coefficient (Wildman–Crippen LogP) is 2.71. The number of amides is 2. The molecule has 2 amide bonds. The summed E-state index contributed by atoms with van der Waals surface area (Å²) in [5.74, 6) is 0.718. The molecule has 0 saturated carbocycles. The molecule has 0 bridgehead atoms. The zero-order valence-electron chi connectivity index (χ0n) is 14.8. The molecule has 1 aromatic heterocycles. The first-order valence-electron chi connectivity index (χ1n) is 8.30. The van der Waals surface area contributed by atoms with Gasteiger partial charge < -0.3 is 14.7 Å². The number of hydrogen-bond donors (Lipinski definition) is 1. The molecule has 0 aliphatic rings. The second-order valence-electron chi connectivity index (χ2n) is 6.40. The molecule has 0 aliphatic carbocycles. The summed E-state index contributed by atoms with van der Waals surface area (Å²) in [6.07, 6.45) is 5.25. The predicted molar refractivity (Wildman–Crippen MR) is 88.9 cm³/mol. The molecular weight excluding hydrogens is 294 g/mol. The van der Waals surface area contributed by atoms with Crippen LogP contribution in [0.3, 0.4) is 0 Å². The fraction of sp³-hybridized carbons (Fsp3) is 0.706. The summed E-state index contributed by atoms with van der Waals surface area (Å²) < 4.78 is 4.92. The Labute approximate surface area is 138 Å². The Kier molecular flexibility index (Phi) is 7.78. The van der Waals surface area contributed by atoms with Gasteiger partial charge in [0.25, 0.3) is 5.91 Å². The average Bonchev–Trinajstić information content (AvgIpc) is 3.07. The highest BCUT2D eigenvalue weighted by molar-refractivity contribution is 5.95. The van der Waals surface area contributed by atoms with Crippen LogP contribution < -0.4 is 5.32 Å². The minimum atomic E-state index is -0.505. The van der Waals surface area contributed by atoms with E-state index in [1.807, 2.05) is 0 Å². The number of hydrogen-bond acceptors (Lipinski definition) is 4. The minimum absolute atomic E-state index is 0.150. The van der Waals surface area contributed by atoms with Gasteiger partial charge in [-0.15, -0.1) is 0 Å². The van der Waals surface area contributed by atoms with Crippen molar-refractivity contribution in [3.05, 3.63) is 18.0 Å². The Balaban J connectivity index is 2.82. The lowest BCUT2D eigenvalue weighted by Gasteiger charge is -2.29. The Morgan fingerprint density at radius 2 is 2.04 bits per heavy atom.